The molecule has 5 nitrogen and oxygen atoms in total. The zero-order valence-electron chi connectivity index (χ0n) is 12.3. The van der Waals surface area contributed by atoms with Crippen molar-refractivity contribution in [3.05, 3.63) is 60.2 Å². The van der Waals surface area contributed by atoms with Gasteiger partial charge in [0.1, 0.15) is 18.4 Å². The third-order valence-corrected chi connectivity index (χ3v) is 3.67. The molecule has 0 aliphatic heterocycles. The van der Waals surface area contributed by atoms with Crippen molar-refractivity contribution in [2.24, 2.45) is 0 Å². The van der Waals surface area contributed by atoms with E-state index < -0.39 is 6.10 Å². The van der Waals surface area contributed by atoms with Gasteiger partial charge in [-0.05, 0) is 30.7 Å². The number of amides is 1. The Hall–Kier alpha value is -2.53. The lowest BCUT2D eigenvalue weighted by molar-refractivity contribution is -0.122. The van der Waals surface area contributed by atoms with E-state index in [0.717, 1.165) is 16.5 Å². The van der Waals surface area contributed by atoms with Crippen molar-refractivity contribution in [2.75, 3.05) is 6.54 Å². The van der Waals surface area contributed by atoms with Crippen molar-refractivity contribution in [1.82, 2.24) is 9.88 Å². The highest BCUT2D eigenvalue weighted by Crippen LogP contribution is 2.20. The van der Waals surface area contributed by atoms with Crippen LogP contribution in [0.25, 0.3) is 10.9 Å². The molecule has 1 atom stereocenters. The van der Waals surface area contributed by atoms with Gasteiger partial charge < -0.3 is 19.4 Å². The lowest BCUT2D eigenvalue weighted by Gasteiger charge is -2.10. The first-order chi connectivity index (χ1) is 10.6. The van der Waals surface area contributed by atoms with Crippen molar-refractivity contribution in [3.63, 3.8) is 0 Å². The predicted molar refractivity (Wildman–Crippen MR) is 83.4 cm³/mol. The summed E-state index contributed by atoms with van der Waals surface area (Å²) in [5, 5.41) is 13.8. The van der Waals surface area contributed by atoms with Crippen molar-refractivity contribution < 1.29 is 14.3 Å². The van der Waals surface area contributed by atoms with Gasteiger partial charge in [0.05, 0.1) is 12.8 Å². The highest BCUT2D eigenvalue weighted by molar-refractivity contribution is 5.85. The number of carbonyl (C=O) groups is 1. The molecule has 114 valence electrons. The maximum absolute atomic E-state index is 12.1. The van der Waals surface area contributed by atoms with Gasteiger partial charge >= 0.3 is 0 Å². The molecule has 0 fully saturated rings. The molecule has 0 saturated heterocycles. The first kappa shape index (κ1) is 14.4. The number of hydrogen-bond acceptors (Lipinski definition) is 3. The molecule has 0 radical (unpaired) electrons. The van der Waals surface area contributed by atoms with Crippen LogP contribution in [0.2, 0.25) is 0 Å². The second-order valence-electron chi connectivity index (χ2n) is 5.29. The minimum atomic E-state index is -0.831. The number of carbonyl (C=O) groups excluding carboxylic acids is 1. The smallest absolute Gasteiger partial charge is 0.240 e. The number of rotatable bonds is 5. The number of nitrogens with zero attached hydrogens (tertiary/aromatic N) is 1. The molecule has 2 heterocycles. The first-order valence-electron chi connectivity index (χ1n) is 7.18. The van der Waals surface area contributed by atoms with Crippen molar-refractivity contribution >= 4 is 16.8 Å². The van der Waals surface area contributed by atoms with Crippen molar-refractivity contribution in [2.45, 2.75) is 19.6 Å². The topological polar surface area (TPSA) is 67.4 Å². The normalized spacial score (nSPS) is 12.5. The number of aromatic nitrogens is 1. The summed E-state index contributed by atoms with van der Waals surface area (Å²) in [5.41, 5.74) is 2.17. The lowest BCUT2D eigenvalue weighted by Crippen LogP contribution is -2.31. The summed E-state index contributed by atoms with van der Waals surface area (Å²) in [6, 6.07) is 11.4. The maximum atomic E-state index is 12.1. The number of aryl methyl sites for hydroxylation is 1. The van der Waals surface area contributed by atoms with Gasteiger partial charge in [0, 0.05) is 17.1 Å². The summed E-state index contributed by atoms with van der Waals surface area (Å²) in [6.07, 6.45) is 2.63. The van der Waals surface area contributed by atoms with E-state index in [1.54, 1.807) is 12.1 Å². The van der Waals surface area contributed by atoms with Crippen LogP contribution in [-0.4, -0.2) is 22.1 Å². The van der Waals surface area contributed by atoms with Gasteiger partial charge in [-0.1, -0.05) is 18.2 Å². The van der Waals surface area contributed by atoms with Crippen LogP contribution < -0.4 is 5.32 Å². The van der Waals surface area contributed by atoms with E-state index in [1.165, 1.54) is 6.26 Å². The Morgan fingerprint density at radius 3 is 2.91 bits per heavy atom. The summed E-state index contributed by atoms with van der Waals surface area (Å²) < 4.78 is 7.02. The molecule has 1 aromatic carbocycles. The molecule has 2 aromatic heterocycles. The molecule has 0 bridgehead atoms. The van der Waals surface area contributed by atoms with Crippen LogP contribution in [0.15, 0.2) is 53.3 Å². The van der Waals surface area contributed by atoms with E-state index in [-0.39, 0.29) is 19.0 Å². The number of para-hydroxylation sites is 1. The molecule has 0 saturated carbocycles. The van der Waals surface area contributed by atoms with Gasteiger partial charge in [-0.3, -0.25) is 4.79 Å². The van der Waals surface area contributed by atoms with E-state index in [9.17, 15) is 9.90 Å². The van der Waals surface area contributed by atoms with Crippen LogP contribution in [0.1, 0.15) is 17.4 Å². The van der Waals surface area contributed by atoms with Crippen LogP contribution in [0.4, 0.5) is 0 Å². The van der Waals surface area contributed by atoms with E-state index in [1.807, 2.05) is 42.0 Å². The molecule has 22 heavy (non-hydrogen) atoms. The second kappa shape index (κ2) is 6.07. The zero-order chi connectivity index (χ0) is 15.5. The SMILES string of the molecule is Cc1cn(CC(=O)NCC(O)c2ccco2)c2ccccc12. The number of benzene rings is 1. The molecule has 1 amide bonds. The van der Waals surface area contributed by atoms with Crippen LogP contribution >= 0.6 is 0 Å². The largest absolute Gasteiger partial charge is 0.467 e. The Balaban J connectivity index is 1.64. The number of furan rings is 1. The fourth-order valence-corrected chi connectivity index (χ4v) is 2.56. The number of aliphatic hydroxyl groups excluding tert-OH is 1. The molecule has 3 rings (SSSR count). The summed E-state index contributed by atoms with van der Waals surface area (Å²) in [7, 11) is 0. The molecule has 1 unspecified atom stereocenters. The number of aliphatic hydroxyl groups is 1. The molecule has 0 aliphatic carbocycles. The highest BCUT2D eigenvalue weighted by Gasteiger charge is 2.13. The highest BCUT2D eigenvalue weighted by atomic mass is 16.4. The number of nitrogens with one attached hydrogen (secondary N) is 1. The van der Waals surface area contributed by atoms with Gasteiger partial charge in [0.25, 0.3) is 0 Å². The molecule has 5 heteroatoms. The lowest BCUT2D eigenvalue weighted by atomic mass is 10.2. The van der Waals surface area contributed by atoms with Crippen LogP contribution in [0.3, 0.4) is 0 Å². The van der Waals surface area contributed by atoms with E-state index >= 15 is 0 Å². The third-order valence-electron chi connectivity index (χ3n) is 3.67. The fraction of sp³-hybridized carbons (Fsp3) is 0.235. The van der Waals surface area contributed by atoms with Gasteiger partial charge in [-0.25, -0.2) is 0 Å². The molecular formula is C17H18N2O3. The van der Waals surface area contributed by atoms with Crippen LogP contribution in [-0.2, 0) is 11.3 Å². The van der Waals surface area contributed by atoms with E-state index in [0.29, 0.717) is 5.76 Å². The Bertz CT molecular complexity index is 774. The predicted octanol–water partition coefficient (Wildman–Crippen LogP) is 2.39. The van der Waals surface area contributed by atoms with Crippen molar-refractivity contribution in [3.8, 4) is 0 Å². The Morgan fingerprint density at radius 1 is 1.32 bits per heavy atom. The maximum Gasteiger partial charge on any atom is 0.240 e. The summed E-state index contributed by atoms with van der Waals surface area (Å²) in [6.45, 7) is 2.38. The molecule has 0 spiro atoms. The standard InChI is InChI=1S/C17H18N2O3/c1-12-10-19(14-6-3-2-5-13(12)14)11-17(21)18-9-15(20)16-7-4-8-22-16/h2-8,10,15,20H,9,11H2,1H3,(H,18,21). The van der Waals surface area contributed by atoms with Gasteiger partial charge in [-0.2, -0.15) is 0 Å². The average Bonchev–Trinajstić information content (AvgIpc) is 3.15. The van der Waals surface area contributed by atoms with Crippen LogP contribution in [0.5, 0.6) is 0 Å². The van der Waals surface area contributed by atoms with Crippen molar-refractivity contribution in [1.29, 1.82) is 0 Å². The summed E-state index contributed by atoms with van der Waals surface area (Å²) in [5.74, 6) is 0.300. The second-order valence-corrected chi connectivity index (χ2v) is 5.29. The number of fused-ring (bicyclic) bond motifs is 1. The average molecular weight is 298 g/mol. The zero-order valence-corrected chi connectivity index (χ0v) is 12.3. The van der Waals surface area contributed by atoms with Gasteiger partial charge in [-0.15, -0.1) is 0 Å². The quantitative estimate of drug-likeness (QED) is 0.760. The minimum absolute atomic E-state index is 0.129. The molecular weight excluding hydrogens is 280 g/mol. The third kappa shape index (κ3) is 2.89. The monoisotopic (exact) mass is 298 g/mol. The van der Waals surface area contributed by atoms with E-state index in [2.05, 4.69) is 5.32 Å². The first-order valence-corrected chi connectivity index (χ1v) is 7.18. The fourth-order valence-electron chi connectivity index (χ4n) is 2.56. The Morgan fingerprint density at radius 2 is 2.14 bits per heavy atom. The molecule has 0 aliphatic rings. The van der Waals surface area contributed by atoms with Gasteiger partial charge in [0.2, 0.25) is 5.91 Å². The van der Waals surface area contributed by atoms with Gasteiger partial charge in [0.15, 0.2) is 0 Å². The minimum Gasteiger partial charge on any atom is -0.467 e. The summed E-state index contributed by atoms with van der Waals surface area (Å²) >= 11 is 0. The van der Waals surface area contributed by atoms with E-state index in [4.69, 9.17) is 4.42 Å². The Kier molecular flexibility index (Phi) is 3.98. The molecule has 3 aromatic rings. The van der Waals surface area contributed by atoms with Crippen LogP contribution in [0, 0.1) is 6.92 Å². The Labute approximate surface area is 128 Å². The molecule has 2 N–H and O–H groups in total. The summed E-state index contributed by atoms with van der Waals surface area (Å²) in [4.78, 5) is 12.1. The number of hydrogen-bond donors (Lipinski definition) is 2.